The molecule has 0 aliphatic carbocycles. The molecule has 0 spiro atoms. The minimum Gasteiger partial charge on any atom is -0.444 e. The van der Waals surface area contributed by atoms with Crippen molar-refractivity contribution >= 4 is 28.5 Å². The van der Waals surface area contributed by atoms with Gasteiger partial charge in [0.1, 0.15) is 11.6 Å². The number of alkyl carbamates (subject to hydrolysis) is 1. The first kappa shape index (κ1) is 18.4. The normalized spacial score (nSPS) is 12.6. The first-order chi connectivity index (χ1) is 10.1. The number of ether oxygens (including phenoxy) is 1. The van der Waals surface area contributed by atoms with Crippen LogP contribution in [0.15, 0.2) is 0 Å². The zero-order chi connectivity index (χ0) is 16.9. The molecule has 22 heavy (non-hydrogen) atoms. The molecule has 1 heterocycles. The van der Waals surface area contributed by atoms with Crippen LogP contribution in [0.4, 0.5) is 9.93 Å². The smallest absolute Gasteiger partial charge is 0.408 e. The average Bonchev–Trinajstić information content (AvgIpc) is 2.65. The minimum atomic E-state index is -0.635. The van der Waals surface area contributed by atoms with Gasteiger partial charge >= 0.3 is 6.09 Å². The van der Waals surface area contributed by atoms with Crippen LogP contribution >= 0.6 is 11.3 Å². The molecule has 0 radical (unpaired) electrons. The maximum atomic E-state index is 12.3. The highest BCUT2D eigenvalue weighted by Crippen LogP contribution is 2.21. The molecular formula is C15H25N3O3S. The van der Waals surface area contributed by atoms with Gasteiger partial charge in [0.15, 0.2) is 5.13 Å². The number of thiazole rings is 1. The summed E-state index contributed by atoms with van der Waals surface area (Å²) in [6.45, 7) is 11.1. The number of anilines is 1. The number of aromatic nitrogens is 1. The highest BCUT2D eigenvalue weighted by atomic mass is 32.1. The van der Waals surface area contributed by atoms with Crippen LogP contribution in [-0.2, 0) is 9.53 Å². The summed E-state index contributed by atoms with van der Waals surface area (Å²) in [5.74, 6) is -0.276. The van der Waals surface area contributed by atoms with Gasteiger partial charge < -0.3 is 15.4 Å². The Morgan fingerprint density at radius 2 is 1.95 bits per heavy atom. The zero-order valence-electron chi connectivity index (χ0n) is 14.1. The number of nitrogens with one attached hydrogen (secondary N) is 2. The highest BCUT2D eigenvalue weighted by Gasteiger charge is 2.24. The van der Waals surface area contributed by atoms with Crippen LogP contribution < -0.4 is 10.6 Å². The Morgan fingerprint density at radius 3 is 2.41 bits per heavy atom. The summed E-state index contributed by atoms with van der Waals surface area (Å²) in [6.07, 6.45) is 0.714. The van der Waals surface area contributed by atoms with Crippen molar-refractivity contribution in [3.8, 4) is 0 Å². The Balaban J connectivity index is 2.69. The van der Waals surface area contributed by atoms with Gasteiger partial charge in [-0.3, -0.25) is 4.79 Å². The maximum Gasteiger partial charge on any atom is 0.408 e. The third kappa shape index (κ3) is 6.01. The van der Waals surface area contributed by atoms with Crippen molar-refractivity contribution < 1.29 is 14.3 Å². The number of hydrogen-bond acceptors (Lipinski definition) is 5. The van der Waals surface area contributed by atoms with Crippen LogP contribution in [0, 0.1) is 13.8 Å². The second-order valence-corrected chi connectivity index (χ2v) is 7.34. The molecule has 1 aromatic heterocycles. The number of amides is 2. The Labute approximate surface area is 135 Å². The fourth-order valence-electron chi connectivity index (χ4n) is 1.73. The Hall–Kier alpha value is -1.63. The molecule has 0 fully saturated rings. The second-order valence-electron chi connectivity index (χ2n) is 6.14. The first-order valence-electron chi connectivity index (χ1n) is 7.36. The lowest BCUT2D eigenvalue weighted by Gasteiger charge is -2.22. The molecule has 1 rings (SSSR count). The fourth-order valence-corrected chi connectivity index (χ4v) is 2.54. The third-order valence-electron chi connectivity index (χ3n) is 2.84. The van der Waals surface area contributed by atoms with E-state index in [1.165, 1.54) is 11.3 Å². The van der Waals surface area contributed by atoms with Gasteiger partial charge in [0.05, 0.1) is 5.69 Å². The van der Waals surface area contributed by atoms with E-state index < -0.39 is 17.7 Å². The number of nitrogens with zero attached hydrogens (tertiary/aromatic N) is 1. The van der Waals surface area contributed by atoms with Gasteiger partial charge in [-0.15, -0.1) is 11.3 Å². The summed E-state index contributed by atoms with van der Waals surface area (Å²) < 4.78 is 5.20. The fraction of sp³-hybridized carbons (Fsp3) is 0.667. The van der Waals surface area contributed by atoms with Crippen LogP contribution in [0.2, 0.25) is 0 Å². The maximum absolute atomic E-state index is 12.3. The van der Waals surface area contributed by atoms with Gasteiger partial charge in [-0.2, -0.15) is 0 Å². The van der Waals surface area contributed by atoms with Crippen LogP contribution in [-0.4, -0.2) is 28.6 Å². The van der Waals surface area contributed by atoms with E-state index in [2.05, 4.69) is 15.6 Å². The Morgan fingerprint density at radius 1 is 1.32 bits per heavy atom. The number of hydrogen-bond donors (Lipinski definition) is 2. The third-order valence-corrected chi connectivity index (χ3v) is 3.83. The number of rotatable bonds is 5. The van der Waals surface area contributed by atoms with Crippen LogP contribution in [0.1, 0.15) is 51.1 Å². The Bertz CT molecular complexity index is 515. The molecule has 1 aromatic rings. The molecule has 7 heteroatoms. The second kappa shape index (κ2) is 7.58. The lowest BCUT2D eigenvalue weighted by Crippen LogP contribution is -2.45. The van der Waals surface area contributed by atoms with E-state index in [1.54, 1.807) is 20.8 Å². The van der Waals surface area contributed by atoms with Crippen LogP contribution in [0.25, 0.3) is 0 Å². The molecule has 0 bridgehead atoms. The topological polar surface area (TPSA) is 80.3 Å². The van der Waals surface area contributed by atoms with Crippen molar-refractivity contribution in [2.24, 2.45) is 0 Å². The van der Waals surface area contributed by atoms with Crippen molar-refractivity contribution in [3.05, 3.63) is 10.6 Å². The van der Waals surface area contributed by atoms with Crippen LogP contribution in [0.3, 0.4) is 0 Å². The van der Waals surface area contributed by atoms with Crippen molar-refractivity contribution in [1.29, 1.82) is 0 Å². The molecule has 6 nitrogen and oxygen atoms in total. The van der Waals surface area contributed by atoms with E-state index in [1.807, 2.05) is 20.8 Å². The van der Waals surface area contributed by atoms with Gasteiger partial charge in [0, 0.05) is 4.88 Å². The van der Waals surface area contributed by atoms with Crippen molar-refractivity contribution in [2.45, 2.75) is 66.0 Å². The molecule has 124 valence electrons. The molecule has 0 aromatic carbocycles. The van der Waals surface area contributed by atoms with E-state index >= 15 is 0 Å². The summed E-state index contributed by atoms with van der Waals surface area (Å²) in [5, 5.41) is 5.92. The van der Waals surface area contributed by atoms with E-state index in [-0.39, 0.29) is 5.91 Å². The van der Waals surface area contributed by atoms with E-state index in [4.69, 9.17) is 4.74 Å². The van der Waals surface area contributed by atoms with Gasteiger partial charge in [-0.1, -0.05) is 13.3 Å². The van der Waals surface area contributed by atoms with E-state index in [9.17, 15) is 9.59 Å². The van der Waals surface area contributed by atoms with E-state index in [0.717, 1.165) is 17.0 Å². The van der Waals surface area contributed by atoms with Crippen LogP contribution in [0.5, 0.6) is 0 Å². The summed E-state index contributed by atoms with van der Waals surface area (Å²) in [4.78, 5) is 29.5. The lowest BCUT2D eigenvalue weighted by atomic mass is 10.1. The highest BCUT2D eigenvalue weighted by molar-refractivity contribution is 7.15. The monoisotopic (exact) mass is 327 g/mol. The largest absolute Gasteiger partial charge is 0.444 e. The molecule has 1 unspecified atom stereocenters. The molecule has 0 aliphatic heterocycles. The van der Waals surface area contributed by atoms with Gasteiger partial charge in [-0.25, -0.2) is 9.78 Å². The lowest BCUT2D eigenvalue weighted by molar-refractivity contribution is -0.118. The minimum absolute atomic E-state index is 0.276. The Kier molecular flexibility index (Phi) is 6.34. The molecule has 1 atom stereocenters. The average molecular weight is 327 g/mol. The number of aryl methyl sites for hydroxylation is 2. The summed E-state index contributed by atoms with van der Waals surface area (Å²) in [7, 11) is 0. The predicted octanol–water partition coefficient (Wildman–Crippen LogP) is 3.39. The molecular weight excluding hydrogens is 302 g/mol. The molecule has 0 aliphatic rings. The zero-order valence-corrected chi connectivity index (χ0v) is 14.9. The quantitative estimate of drug-likeness (QED) is 0.868. The summed E-state index contributed by atoms with van der Waals surface area (Å²) >= 11 is 1.42. The van der Waals surface area contributed by atoms with Crippen molar-refractivity contribution in [3.63, 3.8) is 0 Å². The predicted molar refractivity (Wildman–Crippen MR) is 88.3 cm³/mol. The molecule has 0 saturated heterocycles. The number of carbonyl (C=O) groups is 2. The van der Waals surface area contributed by atoms with Crippen molar-refractivity contribution in [1.82, 2.24) is 10.3 Å². The molecule has 0 saturated carbocycles. The van der Waals surface area contributed by atoms with Gasteiger partial charge in [0.25, 0.3) is 0 Å². The van der Waals surface area contributed by atoms with Gasteiger partial charge in [0.2, 0.25) is 5.91 Å². The van der Waals surface area contributed by atoms with Gasteiger partial charge in [-0.05, 0) is 41.0 Å². The number of carbonyl (C=O) groups excluding carboxylic acids is 2. The molecule has 2 N–H and O–H groups in total. The van der Waals surface area contributed by atoms with E-state index in [0.29, 0.717) is 11.6 Å². The summed E-state index contributed by atoms with van der Waals surface area (Å²) in [5.41, 5.74) is 0.299. The SMILES string of the molecule is CCCC(NC(=O)OC(C)(C)C)C(=O)Nc1nc(C)c(C)s1. The molecule has 2 amide bonds. The van der Waals surface area contributed by atoms with Crippen molar-refractivity contribution in [2.75, 3.05) is 5.32 Å². The first-order valence-corrected chi connectivity index (χ1v) is 8.18. The summed E-state index contributed by atoms with van der Waals surface area (Å²) in [6, 6.07) is -0.635. The standard InChI is InChI=1S/C15H25N3O3S/c1-7-8-11(17-14(20)21-15(4,5)6)12(19)18-13-16-9(2)10(3)22-13/h11H,7-8H2,1-6H3,(H,17,20)(H,16,18,19).